The summed E-state index contributed by atoms with van der Waals surface area (Å²) >= 11 is 3.09. The van der Waals surface area contributed by atoms with Gasteiger partial charge in [-0.25, -0.2) is 8.42 Å². The molecular formula is C16H17BrO3S. The Morgan fingerprint density at radius 1 is 1.00 bits per heavy atom. The first kappa shape index (κ1) is 16.2. The summed E-state index contributed by atoms with van der Waals surface area (Å²) in [6.45, 7) is 1.56. The summed E-state index contributed by atoms with van der Waals surface area (Å²) < 4.78 is 22.6. The number of halogens is 1. The molecule has 0 amide bonds. The molecule has 0 heterocycles. The van der Waals surface area contributed by atoms with Gasteiger partial charge in [0.15, 0.2) is 9.84 Å². The molecule has 21 heavy (non-hydrogen) atoms. The van der Waals surface area contributed by atoms with Gasteiger partial charge in [0, 0.05) is 5.75 Å². The predicted molar refractivity (Wildman–Crippen MR) is 89.0 cm³/mol. The maximum absolute atomic E-state index is 11.8. The molecule has 3 nitrogen and oxygen atoms in total. The van der Waals surface area contributed by atoms with Gasteiger partial charge < -0.3 is 5.11 Å². The Morgan fingerprint density at radius 2 is 1.52 bits per heavy atom. The smallest absolute Gasteiger partial charge is 0.165 e. The molecule has 0 aromatic heterocycles. The maximum atomic E-state index is 11.8. The summed E-state index contributed by atoms with van der Waals surface area (Å²) in [5.74, 6) is -0.0118. The van der Waals surface area contributed by atoms with Gasteiger partial charge in [0.1, 0.15) is 10.3 Å². The van der Waals surface area contributed by atoms with Crippen molar-refractivity contribution in [1.82, 2.24) is 0 Å². The second-order valence-corrected chi connectivity index (χ2v) is 8.74. The Kier molecular flexibility index (Phi) is 5.19. The highest BCUT2D eigenvalue weighted by Crippen LogP contribution is 2.29. The Morgan fingerprint density at radius 3 is 2.05 bits per heavy atom. The average molecular weight is 369 g/mol. The van der Waals surface area contributed by atoms with Gasteiger partial charge in [0.05, 0.1) is 0 Å². The Balaban J connectivity index is 2.23. The fraction of sp³-hybridized carbons (Fsp3) is 0.250. The molecule has 2 atom stereocenters. The van der Waals surface area contributed by atoms with Crippen LogP contribution in [0.3, 0.4) is 0 Å². The lowest BCUT2D eigenvalue weighted by Gasteiger charge is -2.17. The summed E-state index contributed by atoms with van der Waals surface area (Å²) in [7, 11) is -3.34. The van der Waals surface area contributed by atoms with Gasteiger partial charge in [-0.2, -0.15) is 0 Å². The zero-order chi connectivity index (χ0) is 15.5. The highest BCUT2D eigenvalue weighted by atomic mass is 79.9. The molecular weight excluding hydrogens is 352 g/mol. The molecule has 0 aliphatic rings. The molecule has 5 heteroatoms. The number of sulfone groups is 1. The number of benzene rings is 2. The lowest BCUT2D eigenvalue weighted by atomic mass is 10.0. The molecule has 2 aromatic carbocycles. The van der Waals surface area contributed by atoms with Crippen LogP contribution in [0.1, 0.15) is 18.6 Å². The van der Waals surface area contributed by atoms with E-state index >= 15 is 0 Å². The summed E-state index contributed by atoms with van der Waals surface area (Å²) in [6.07, 6.45) is -1.08. The highest BCUT2D eigenvalue weighted by molar-refractivity contribution is 9.11. The Bertz CT molecular complexity index is 681. The van der Waals surface area contributed by atoms with Crippen molar-refractivity contribution in [1.29, 1.82) is 0 Å². The van der Waals surface area contributed by atoms with Crippen molar-refractivity contribution in [3.8, 4) is 11.1 Å². The van der Waals surface area contributed by atoms with Crippen LogP contribution in [-0.4, -0.2) is 23.4 Å². The third-order valence-corrected chi connectivity index (χ3v) is 7.31. The van der Waals surface area contributed by atoms with Gasteiger partial charge in [0.2, 0.25) is 0 Å². The fourth-order valence-electron chi connectivity index (χ4n) is 2.01. The highest BCUT2D eigenvalue weighted by Gasteiger charge is 2.29. The third-order valence-electron chi connectivity index (χ3n) is 3.35. The quantitative estimate of drug-likeness (QED) is 0.821. The first-order valence-electron chi connectivity index (χ1n) is 6.65. The van der Waals surface area contributed by atoms with Crippen LogP contribution >= 0.6 is 15.9 Å². The SMILES string of the molecule is CCS(=O)(=O)[C@H](Br)[C@H](O)c1ccc(-c2ccccc2)cc1. The molecule has 0 unspecified atom stereocenters. The lowest BCUT2D eigenvalue weighted by molar-refractivity contribution is 0.195. The van der Waals surface area contributed by atoms with Crippen molar-refractivity contribution in [2.75, 3.05) is 5.75 Å². The second kappa shape index (κ2) is 6.73. The van der Waals surface area contributed by atoms with Crippen molar-refractivity contribution in [2.45, 2.75) is 17.2 Å². The molecule has 0 saturated carbocycles. The van der Waals surface area contributed by atoms with Crippen LogP contribution in [0, 0.1) is 0 Å². The minimum Gasteiger partial charge on any atom is -0.386 e. The monoisotopic (exact) mass is 368 g/mol. The fourth-order valence-corrected chi connectivity index (χ4v) is 3.98. The van der Waals surface area contributed by atoms with Crippen LogP contribution < -0.4 is 0 Å². The first-order valence-corrected chi connectivity index (χ1v) is 9.28. The van der Waals surface area contributed by atoms with E-state index in [-0.39, 0.29) is 5.75 Å². The van der Waals surface area contributed by atoms with E-state index in [0.29, 0.717) is 5.56 Å². The van der Waals surface area contributed by atoms with E-state index in [0.717, 1.165) is 11.1 Å². The second-order valence-electron chi connectivity index (χ2n) is 4.74. The molecule has 1 N–H and O–H groups in total. The Labute approximate surface area is 133 Å². The zero-order valence-corrected chi connectivity index (χ0v) is 14.0. The molecule has 112 valence electrons. The van der Waals surface area contributed by atoms with Gasteiger partial charge >= 0.3 is 0 Å². The normalized spacial score (nSPS) is 14.6. The number of hydrogen-bond donors (Lipinski definition) is 1. The molecule has 0 bridgehead atoms. The summed E-state index contributed by atoms with van der Waals surface area (Å²) in [6, 6.07) is 17.1. The minimum atomic E-state index is -3.34. The summed E-state index contributed by atoms with van der Waals surface area (Å²) in [5.41, 5.74) is 2.68. The van der Waals surface area contributed by atoms with E-state index in [2.05, 4.69) is 15.9 Å². The van der Waals surface area contributed by atoms with Gasteiger partial charge in [-0.15, -0.1) is 0 Å². The number of hydrogen-bond acceptors (Lipinski definition) is 3. The average Bonchev–Trinajstić information content (AvgIpc) is 2.54. The van der Waals surface area contributed by atoms with Gasteiger partial charge in [-0.05, 0) is 16.7 Å². The van der Waals surface area contributed by atoms with E-state index in [1.807, 2.05) is 42.5 Å². The summed E-state index contributed by atoms with van der Waals surface area (Å²) in [4.78, 5) is 0. The topological polar surface area (TPSA) is 54.4 Å². The van der Waals surface area contributed by atoms with Crippen molar-refractivity contribution in [3.05, 3.63) is 60.2 Å². The van der Waals surface area contributed by atoms with E-state index in [1.54, 1.807) is 19.1 Å². The van der Waals surface area contributed by atoms with E-state index in [4.69, 9.17) is 0 Å². The van der Waals surface area contributed by atoms with Crippen molar-refractivity contribution in [3.63, 3.8) is 0 Å². The molecule has 2 rings (SSSR count). The first-order chi connectivity index (χ1) is 9.95. The van der Waals surface area contributed by atoms with E-state index < -0.39 is 20.1 Å². The van der Waals surface area contributed by atoms with Crippen molar-refractivity contribution in [2.24, 2.45) is 0 Å². The van der Waals surface area contributed by atoms with Crippen LogP contribution in [0.5, 0.6) is 0 Å². The van der Waals surface area contributed by atoms with Crippen LogP contribution in [0.2, 0.25) is 0 Å². The molecule has 0 aliphatic carbocycles. The van der Waals surface area contributed by atoms with Gasteiger partial charge in [-0.1, -0.05) is 77.5 Å². The predicted octanol–water partition coefficient (Wildman–Crippen LogP) is 3.54. The van der Waals surface area contributed by atoms with Crippen LogP contribution in [0.25, 0.3) is 11.1 Å². The largest absolute Gasteiger partial charge is 0.386 e. The number of rotatable bonds is 5. The number of aliphatic hydroxyl groups is 1. The lowest BCUT2D eigenvalue weighted by Crippen LogP contribution is -2.24. The maximum Gasteiger partial charge on any atom is 0.165 e. The number of alkyl halides is 1. The molecule has 2 aromatic rings. The van der Waals surface area contributed by atoms with E-state index in [1.165, 1.54) is 0 Å². The van der Waals surface area contributed by atoms with E-state index in [9.17, 15) is 13.5 Å². The molecule has 0 fully saturated rings. The standard InChI is InChI=1S/C16H17BrO3S/c1-2-21(19,20)16(17)15(18)14-10-8-13(9-11-14)12-6-4-3-5-7-12/h3-11,15-16,18H,2H2,1H3/t15-,16+/m1/s1. The van der Waals surface area contributed by atoms with Gasteiger partial charge in [-0.3, -0.25) is 0 Å². The molecule has 0 spiro atoms. The molecule has 0 saturated heterocycles. The zero-order valence-electron chi connectivity index (χ0n) is 11.6. The third kappa shape index (κ3) is 3.73. The van der Waals surface area contributed by atoms with Crippen LogP contribution in [0.15, 0.2) is 54.6 Å². The minimum absolute atomic E-state index is 0.0118. The molecule has 0 aliphatic heterocycles. The van der Waals surface area contributed by atoms with Gasteiger partial charge in [0.25, 0.3) is 0 Å². The number of aliphatic hydroxyl groups excluding tert-OH is 1. The van der Waals surface area contributed by atoms with Crippen molar-refractivity contribution < 1.29 is 13.5 Å². The van der Waals surface area contributed by atoms with Crippen LogP contribution in [0.4, 0.5) is 0 Å². The van der Waals surface area contributed by atoms with Crippen molar-refractivity contribution >= 4 is 25.8 Å². The summed E-state index contributed by atoms with van der Waals surface area (Å²) in [5, 5.41) is 10.2. The van der Waals surface area contributed by atoms with Crippen LogP contribution in [-0.2, 0) is 9.84 Å². The molecule has 0 radical (unpaired) electrons. The Hall–Kier alpha value is -1.17.